The molecule has 0 spiro atoms. The fourth-order valence-corrected chi connectivity index (χ4v) is 1.58. The van der Waals surface area contributed by atoms with E-state index >= 15 is 0 Å². The van der Waals surface area contributed by atoms with E-state index in [1.807, 2.05) is 6.07 Å². The van der Waals surface area contributed by atoms with E-state index < -0.39 is 0 Å². The first-order valence-corrected chi connectivity index (χ1v) is 5.29. The molecule has 1 heteroatoms. The lowest BCUT2D eigenvalue weighted by molar-refractivity contribution is 1.12. The summed E-state index contributed by atoms with van der Waals surface area (Å²) in [7, 11) is 0. The Balaban J connectivity index is 2.79. The van der Waals surface area contributed by atoms with Crippen LogP contribution >= 0.6 is 15.9 Å². The molecule has 0 radical (unpaired) electrons. The molecule has 0 aromatic heterocycles. The average molecular weight is 225 g/mol. The van der Waals surface area contributed by atoms with E-state index in [0.29, 0.717) is 0 Å². The first-order valence-electron chi connectivity index (χ1n) is 4.17. The molecule has 0 unspecified atom stereocenters. The summed E-state index contributed by atoms with van der Waals surface area (Å²) in [6.07, 6.45) is 3.34. The molecule has 0 N–H and O–H groups in total. The van der Waals surface area contributed by atoms with Gasteiger partial charge in [-0.05, 0) is 12.0 Å². The predicted molar refractivity (Wildman–Crippen MR) is 58.5 cm³/mol. The molecule has 0 aliphatic carbocycles. The molecule has 64 valence electrons. The van der Waals surface area contributed by atoms with Crippen molar-refractivity contribution in [2.24, 2.45) is 0 Å². The minimum absolute atomic E-state index is 0.971. The van der Waals surface area contributed by atoms with Crippen LogP contribution in [0, 0.1) is 0 Å². The van der Waals surface area contributed by atoms with Crippen LogP contribution < -0.4 is 0 Å². The van der Waals surface area contributed by atoms with Gasteiger partial charge in [-0.2, -0.15) is 0 Å². The van der Waals surface area contributed by atoms with Crippen molar-refractivity contribution in [3.63, 3.8) is 0 Å². The normalized spacial score (nSPS) is 11.7. The van der Waals surface area contributed by atoms with Crippen LogP contribution in [0.25, 0.3) is 6.08 Å². The second kappa shape index (κ2) is 5.15. The summed E-state index contributed by atoms with van der Waals surface area (Å²) in [5, 5.41) is 0.971. The quantitative estimate of drug-likeness (QED) is 0.685. The first-order chi connectivity index (χ1) is 5.86. The van der Waals surface area contributed by atoms with Gasteiger partial charge in [-0.15, -0.1) is 0 Å². The largest absolute Gasteiger partial charge is 0.0880 e. The van der Waals surface area contributed by atoms with Crippen molar-refractivity contribution in [1.29, 1.82) is 0 Å². The highest BCUT2D eigenvalue weighted by atomic mass is 79.9. The molecule has 1 aromatic rings. The Labute approximate surface area is 82.4 Å². The van der Waals surface area contributed by atoms with E-state index in [0.717, 1.165) is 11.8 Å². The molecular formula is C11H13Br. The number of benzene rings is 1. The van der Waals surface area contributed by atoms with E-state index in [9.17, 15) is 0 Å². The Morgan fingerprint density at radius 3 is 2.50 bits per heavy atom. The Kier molecular flexibility index (Phi) is 4.09. The lowest BCUT2D eigenvalue weighted by Gasteiger charge is -1.98. The fraction of sp³-hybridized carbons (Fsp3) is 0.273. The highest BCUT2D eigenvalue weighted by Gasteiger charge is 1.91. The molecule has 1 rings (SSSR count). The summed E-state index contributed by atoms with van der Waals surface area (Å²) in [4.78, 5) is 0. The van der Waals surface area contributed by atoms with Crippen LogP contribution in [0.2, 0.25) is 0 Å². The number of hydrogen-bond donors (Lipinski definition) is 0. The SMILES string of the molecule is CCC(=Cc1ccccc1)CBr. The number of hydrogen-bond acceptors (Lipinski definition) is 0. The highest BCUT2D eigenvalue weighted by molar-refractivity contribution is 9.09. The van der Waals surface area contributed by atoms with Gasteiger partial charge in [0.25, 0.3) is 0 Å². The van der Waals surface area contributed by atoms with Crippen LogP contribution in [0.5, 0.6) is 0 Å². The lowest BCUT2D eigenvalue weighted by atomic mass is 10.1. The Morgan fingerprint density at radius 2 is 2.00 bits per heavy atom. The zero-order chi connectivity index (χ0) is 8.81. The van der Waals surface area contributed by atoms with Crippen LogP contribution in [0.3, 0.4) is 0 Å². The van der Waals surface area contributed by atoms with Gasteiger partial charge in [-0.1, -0.05) is 64.8 Å². The average Bonchev–Trinajstić information content (AvgIpc) is 2.16. The van der Waals surface area contributed by atoms with Gasteiger partial charge in [0, 0.05) is 5.33 Å². The molecule has 0 fully saturated rings. The number of allylic oxidation sites excluding steroid dienone is 1. The van der Waals surface area contributed by atoms with Crippen molar-refractivity contribution in [3.05, 3.63) is 41.5 Å². The maximum atomic E-state index is 3.47. The minimum atomic E-state index is 0.971. The van der Waals surface area contributed by atoms with E-state index in [-0.39, 0.29) is 0 Å². The molecule has 0 atom stereocenters. The van der Waals surface area contributed by atoms with Crippen LogP contribution in [0.15, 0.2) is 35.9 Å². The second-order valence-corrected chi connectivity index (χ2v) is 3.26. The molecule has 0 heterocycles. The number of rotatable bonds is 3. The van der Waals surface area contributed by atoms with Crippen LogP contribution in [0.1, 0.15) is 18.9 Å². The van der Waals surface area contributed by atoms with E-state index in [4.69, 9.17) is 0 Å². The molecule has 0 aliphatic rings. The monoisotopic (exact) mass is 224 g/mol. The number of halogens is 1. The second-order valence-electron chi connectivity index (χ2n) is 2.70. The summed E-state index contributed by atoms with van der Waals surface area (Å²) >= 11 is 3.47. The zero-order valence-corrected chi connectivity index (χ0v) is 8.84. The molecule has 12 heavy (non-hydrogen) atoms. The summed E-state index contributed by atoms with van der Waals surface area (Å²) in [5.41, 5.74) is 2.72. The Morgan fingerprint density at radius 1 is 1.33 bits per heavy atom. The standard InChI is InChI=1S/C11H13Br/c1-2-10(9-12)8-11-6-4-3-5-7-11/h3-8H,2,9H2,1H3. The Bertz CT molecular complexity index is 243. The lowest BCUT2D eigenvalue weighted by Crippen LogP contribution is -1.81. The summed E-state index contributed by atoms with van der Waals surface area (Å²) in [5.74, 6) is 0. The Hall–Kier alpha value is -0.560. The third kappa shape index (κ3) is 2.82. The smallest absolute Gasteiger partial charge is 0.0245 e. The molecule has 0 bridgehead atoms. The summed E-state index contributed by atoms with van der Waals surface area (Å²) in [6.45, 7) is 2.18. The van der Waals surface area contributed by atoms with Crippen LogP contribution in [-0.2, 0) is 0 Å². The maximum Gasteiger partial charge on any atom is 0.0245 e. The van der Waals surface area contributed by atoms with Crippen molar-refractivity contribution in [3.8, 4) is 0 Å². The van der Waals surface area contributed by atoms with Crippen LogP contribution in [-0.4, -0.2) is 5.33 Å². The van der Waals surface area contributed by atoms with Crippen molar-refractivity contribution in [2.75, 3.05) is 5.33 Å². The molecule has 0 aliphatic heterocycles. The minimum Gasteiger partial charge on any atom is -0.0880 e. The topological polar surface area (TPSA) is 0 Å². The zero-order valence-electron chi connectivity index (χ0n) is 7.26. The predicted octanol–water partition coefficient (Wildman–Crippen LogP) is 3.87. The third-order valence-electron chi connectivity index (χ3n) is 1.80. The van der Waals surface area contributed by atoms with Gasteiger partial charge in [0.1, 0.15) is 0 Å². The maximum absolute atomic E-state index is 3.47. The molecule has 0 saturated heterocycles. The van der Waals surface area contributed by atoms with Gasteiger partial charge >= 0.3 is 0 Å². The molecular weight excluding hydrogens is 212 g/mol. The van der Waals surface area contributed by atoms with Crippen molar-refractivity contribution in [2.45, 2.75) is 13.3 Å². The summed E-state index contributed by atoms with van der Waals surface area (Å²) in [6, 6.07) is 10.4. The molecule has 0 nitrogen and oxygen atoms in total. The van der Waals surface area contributed by atoms with Gasteiger partial charge in [0.05, 0.1) is 0 Å². The van der Waals surface area contributed by atoms with Gasteiger partial charge in [-0.3, -0.25) is 0 Å². The van der Waals surface area contributed by atoms with Gasteiger partial charge in [-0.25, -0.2) is 0 Å². The van der Waals surface area contributed by atoms with Gasteiger partial charge in [0.15, 0.2) is 0 Å². The van der Waals surface area contributed by atoms with Crippen molar-refractivity contribution < 1.29 is 0 Å². The van der Waals surface area contributed by atoms with E-state index in [2.05, 4.69) is 53.2 Å². The third-order valence-corrected chi connectivity index (χ3v) is 2.52. The van der Waals surface area contributed by atoms with Crippen LogP contribution in [0.4, 0.5) is 0 Å². The van der Waals surface area contributed by atoms with Crippen molar-refractivity contribution in [1.82, 2.24) is 0 Å². The molecule has 0 amide bonds. The first kappa shape index (κ1) is 9.53. The molecule has 0 saturated carbocycles. The summed E-state index contributed by atoms with van der Waals surface area (Å²) < 4.78 is 0. The molecule has 1 aromatic carbocycles. The number of alkyl halides is 1. The van der Waals surface area contributed by atoms with Crippen molar-refractivity contribution >= 4 is 22.0 Å². The van der Waals surface area contributed by atoms with Gasteiger partial charge in [0.2, 0.25) is 0 Å². The van der Waals surface area contributed by atoms with E-state index in [1.165, 1.54) is 11.1 Å². The highest BCUT2D eigenvalue weighted by Crippen LogP contribution is 2.11. The van der Waals surface area contributed by atoms with E-state index in [1.54, 1.807) is 0 Å². The fourth-order valence-electron chi connectivity index (χ4n) is 1.02. The van der Waals surface area contributed by atoms with Gasteiger partial charge < -0.3 is 0 Å².